The van der Waals surface area contributed by atoms with E-state index in [1.165, 1.54) is 0 Å². The molecule has 0 aliphatic heterocycles. The number of nitrogens with one attached hydrogen (secondary N) is 2. The second-order valence-electron chi connectivity index (χ2n) is 6.19. The highest BCUT2D eigenvalue weighted by molar-refractivity contribution is 6.06. The number of H-pyrrole nitrogens is 1. The van der Waals surface area contributed by atoms with Gasteiger partial charge in [0, 0.05) is 17.9 Å². The van der Waals surface area contributed by atoms with E-state index in [1.54, 1.807) is 52.0 Å². The first kappa shape index (κ1) is 19.5. The molecule has 0 bridgehead atoms. The molecular formula is C19H25N3O4. The number of rotatable bonds is 7. The van der Waals surface area contributed by atoms with E-state index in [-0.39, 0.29) is 12.0 Å². The molecule has 0 aliphatic rings. The standard InChI is InChI=1S/C19H25N3O4/c1-11(2)26-19(24)16-12(3)17(21-13(16)4)18(23)22-14-5-7-15(8-6-14)25-10-9-20/h5-8,11,21H,9-10,20H2,1-4H3,(H,22,23). The number of hydrogen-bond acceptors (Lipinski definition) is 5. The van der Waals surface area contributed by atoms with Gasteiger partial charge in [-0.05, 0) is 57.5 Å². The lowest BCUT2D eigenvalue weighted by atomic mass is 10.1. The number of amides is 1. The number of aryl methyl sites for hydroxylation is 1. The molecule has 2 rings (SSSR count). The first-order chi connectivity index (χ1) is 12.3. The average molecular weight is 359 g/mol. The van der Waals surface area contributed by atoms with Gasteiger partial charge in [-0.3, -0.25) is 4.79 Å². The maximum Gasteiger partial charge on any atom is 0.340 e. The highest BCUT2D eigenvalue weighted by Crippen LogP contribution is 2.22. The third-order valence-corrected chi connectivity index (χ3v) is 3.71. The Hall–Kier alpha value is -2.80. The molecule has 0 aliphatic carbocycles. The fourth-order valence-corrected chi connectivity index (χ4v) is 2.56. The summed E-state index contributed by atoms with van der Waals surface area (Å²) >= 11 is 0. The van der Waals surface area contributed by atoms with Crippen molar-refractivity contribution in [2.45, 2.75) is 33.8 Å². The van der Waals surface area contributed by atoms with Crippen molar-refractivity contribution in [1.82, 2.24) is 4.98 Å². The van der Waals surface area contributed by atoms with Crippen molar-refractivity contribution in [3.63, 3.8) is 0 Å². The van der Waals surface area contributed by atoms with E-state index in [9.17, 15) is 9.59 Å². The van der Waals surface area contributed by atoms with E-state index in [4.69, 9.17) is 15.2 Å². The summed E-state index contributed by atoms with van der Waals surface area (Å²) in [5, 5.41) is 2.80. The molecule has 0 unspecified atom stereocenters. The van der Waals surface area contributed by atoms with E-state index in [2.05, 4.69) is 10.3 Å². The zero-order chi connectivity index (χ0) is 19.3. The molecule has 0 saturated heterocycles. The van der Waals surface area contributed by atoms with Gasteiger partial charge in [0.2, 0.25) is 0 Å². The summed E-state index contributed by atoms with van der Waals surface area (Å²) in [6, 6.07) is 6.98. The second-order valence-corrected chi connectivity index (χ2v) is 6.19. The van der Waals surface area contributed by atoms with Gasteiger partial charge in [0.15, 0.2) is 0 Å². The van der Waals surface area contributed by atoms with Crippen molar-refractivity contribution < 1.29 is 19.1 Å². The largest absolute Gasteiger partial charge is 0.492 e. The van der Waals surface area contributed by atoms with Crippen LogP contribution in [0.4, 0.5) is 5.69 Å². The van der Waals surface area contributed by atoms with Gasteiger partial charge >= 0.3 is 5.97 Å². The number of carbonyl (C=O) groups is 2. The Morgan fingerprint density at radius 3 is 2.42 bits per heavy atom. The fraction of sp³-hybridized carbons (Fsp3) is 0.368. The average Bonchev–Trinajstić information content (AvgIpc) is 2.88. The smallest absolute Gasteiger partial charge is 0.340 e. The first-order valence-electron chi connectivity index (χ1n) is 8.48. The minimum Gasteiger partial charge on any atom is -0.492 e. The minimum atomic E-state index is -0.438. The van der Waals surface area contributed by atoms with Crippen molar-refractivity contribution >= 4 is 17.6 Å². The highest BCUT2D eigenvalue weighted by atomic mass is 16.5. The predicted molar refractivity (Wildman–Crippen MR) is 99.8 cm³/mol. The lowest BCUT2D eigenvalue weighted by Crippen LogP contribution is -2.15. The van der Waals surface area contributed by atoms with Gasteiger partial charge in [0.05, 0.1) is 11.7 Å². The molecule has 1 aromatic carbocycles. The van der Waals surface area contributed by atoms with Gasteiger partial charge in [-0.25, -0.2) is 4.79 Å². The minimum absolute atomic E-state index is 0.228. The molecule has 1 aromatic heterocycles. The van der Waals surface area contributed by atoms with Crippen LogP contribution < -0.4 is 15.8 Å². The number of benzene rings is 1. The number of hydrogen-bond donors (Lipinski definition) is 3. The van der Waals surface area contributed by atoms with Gasteiger partial charge in [-0.15, -0.1) is 0 Å². The molecule has 0 fully saturated rings. The summed E-state index contributed by atoms with van der Waals surface area (Å²) in [5.74, 6) is -0.0874. The van der Waals surface area contributed by atoms with Crippen LogP contribution in [0.2, 0.25) is 0 Å². The quantitative estimate of drug-likeness (QED) is 0.659. The van der Waals surface area contributed by atoms with E-state index in [0.717, 1.165) is 0 Å². The van der Waals surface area contributed by atoms with Crippen LogP contribution in [-0.2, 0) is 4.74 Å². The molecule has 26 heavy (non-hydrogen) atoms. The van der Waals surface area contributed by atoms with Crippen molar-refractivity contribution in [2.24, 2.45) is 5.73 Å². The van der Waals surface area contributed by atoms with Crippen molar-refractivity contribution in [2.75, 3.05) is 18.5 Å². The number of aromatic amines is 1. The van der Waals surface area contributed by atoms with Crippen molar-refractivity contribution in [3.8, 4) is 5.75 Å². The van der Waals surface area contributed by atoms with Crippen LogP contribution in [0, 0.1) is 13.8 Å². The summed E-state index contributed by atoms with van der Waals surface area (Å²) in [7, 11) is 0. The Kier molecular flexibility index (Phi) is 6.41. The molecule has 0 radical (unpaired) electrons. The van der Waals surface area contributed by atoms with E-state index < -0.39 is 5.97 Å². The Bertz CT molecular complexity index is 779. The van der Waals surface area contributed by atoms with E-state index in [0.29, 0.717) is 47.1 Å². The Morgan fingerprint density at radius 1 is 1.19 bits per heavy atom. The fourth-order valence-electron chi connectivity index (χ4n) is 2.56. The molecule has 140 valence electrons. The number of carbonyl (C=O) groups excluding carboxylic acids is 2. The lowest BCUT2D eigenvalue weighted by molar-refractivity contribution is 0.0376. The monoisotopic (exact) mass is 359 g/mol. The van der Waals surface area contributed by atoms with Gasteiger partial charge < -0.3 is 25.5 Å². The Morgan fingerprint density at radius 2 is 1.85 bits per heavy atom. The zero-order valence-corrected chi connectivity index (χ0v) is 15.5. The van der Waals surface area contributed by atoms with Crippen LogP contribution in [0.3, 0.4) is 0 Å². The molecule has 2 aromatic rings. The van der Waals surface area contributed by atoms with E-state index >= 15 is 0 Å². The van der Waals surface area contributed by atoms with Crippen molar-refractivity contribution in [3.05, 3.63) is 46.8 Å². The van der Waals surface area contributed by atoms with Gasteiger partial charge in [0.25, 0.3) is 5.91 Å². The number of aromatic nitrogens is 1. The van der Waals surface area contributed by atoms with Crippen LogP contribution in [-0.4, -0.2) is 36.1 Å². The summed E-state index contributed by atoms with van der Waals surface area (Å²) in [6.45, 7) is 7.89. The third-order valence-electron chi connectivity index (χ3n) is 3.71. The SMILES string of the molecule is Cc1[nH]c(C(=O)Nc2ccc(OCCN)cc2)c(C)c1C(=O)OC(C)C. The number of ether oxygens (including phenoxy) is 2. The zero-order valence-electron chi connectivity index (χ0n) is 15.5. The first-order valence-corrected chi connectivity index (χ1v) is 8.48. The highest BCUT2D eigenvalue weighted by Gasteiger charge is 2.23. The topological polar surface area (TPSA) is 106 Å². The molecule has 0 atom stereocenters. The van der Waals surface area contributed by atoms with Crippen LogP contribution in [0.25, 0.3) is 0 Å². The molecule has 7 nitrogen and oxygen atoms in total. The summed E-state index contributed by atoms with van der Waals surface area (Å²) in [5.41, 5.74) is 7.91. The van der Waals surface area contributed by atoms with Crippen molar-refractivity contribution in [1.29, 1.82) is 0 Å². The lowest BCUT2D eigenvalue weighted by Gasteiger charge is -2.09. The van der Waals surface area contributed by atoms with Gasteiger partial charge in [0.1, 0.15) is 18.1 Å². The van der Waals surface area contributed by atoms with Crippen LogP contribution in [0.5, 0.6) is 5.75 Å². The summed E-state index contributed by atoms with van der Waals surface area (Å²) in [4.78, 5) is 27.8. The maximum absolute atomic E-state index is 12.6. The molecule has 1 amide bonds. The molecule has 0 saturated carbocycles. The molecule has 4 N–H and O–H groups in total. The Labute approximate surface area is 152 Å². The normalized spacial score (nSPS) is 10.7. The third kappa shape index (κ3) is 4.64. The Balaban J connectivity index is 2.13. The number of nitrogens with two attached hydrogens (primary N) is 1. The molecular weight excluding hydrogens is 334 g/mol. The number of esters is 1. The van der Waals surface area contributed by atoms with Crippen LogP contribution in [0.1, 0.15) is 46.0 Å². The summed E-state index contributed by atoms with van der Waals surface area (Å²) < 4.78 is 10.6. The maximum atomic E-state index is 12.6. The van der Waals surface area contributed by atoms with Crippen LogP contribution >= 0.6 is 0 Å². The molecule has 0 spiro atoms. The van der Waals surface area contributed by atoms with Gasteiger partial charge in [-0.1, -0.05) is 0 Å². The summed E-state index contributed by atoms with van der Waals surface area (Å²) in [6.07, 6.45) is -0.228. The molecule has 7 heteroatoms. The predicted octanol–water partition coefficient (Wildman–Crippen LogP) is 2.79. The van der Waals surface area contributed by atoms with Crippen LogP contribution in [0.15, 0.2) is 24.3 Å². The van der Waals surface area contributed by atoms with Gasteiger partial charge in [-0.2, -0.15) is 0 Å². The second kappa shape index (κ2) is 8.53. The number of anilines is 1. The van der Waals surface area contributed by atoms with E-state index in [1.807, 2.05) is 0 Å². The molecule has 1 heterocycles.